The predicted molar refractivity (Wildman–Crippen MR) is 141 cm³/mol. The minimum absolute atomic E-state index is 0.0792. The molecular formula is C28H26ClF3N4OS. The summed E-state index contributed by atoms with van der Waals surface area (Å²) in [4.78, 5) is 24.8. The van der Waals surface area contributed by atoms with Crippen molar-refractivity contribution in [1.29, 1.82) is 0 Å². The van der Waals surface area contributed by atoms with Crippen LogP contribution in [-0.2, 0) is 6.18 Å². The van der Waals surface area contributed by atoms with Crippen molar-refractivity contribution in [2.24, 2.45) is 5.41 Å². The Balaban J connectivity index is 0.983. The highest BCUT2D eigenvalue weighted by Crippen LogP contribution is 2.56. The third-order valence-electron chi connectivity index (χ3n) is 8.09. The van der Waals surface area contributed by atoms with Gasteiger partial charge in [-0.25, -0.2) is 14.8 Å². The number of urea groups is 1. The van der Waals surface area contributed by atoms with Crippen molar-refractivity contribution in [3.8, 4) is 11.1 Å². The first-order valence-corrected chi connectivity index (χ1v) is 14.1. The van der Waals surface area contributed by atoms with Gasteiger partial charge in [-0.05, 0) is 59.4 Å². The zero-order valence-corrected chi connectivity index (χ0v) is 22.3. The van der Waals surface area contributed by atoms with E-state index in [9.17, 15) is 18.0 Å². The molecule has 1 aromatic heterocycles. The number of benzene rings is 2. The summed E-state index contributed by atoms with van der Waals surface area (Å²) < 4.78 is 38.1. The summed E-state index contributed by atoms with van der Waals surface area (Å²) in [5, 5.41) is 0.730. The van der Waals surface area contributed by atoms with Crippen LogP contribution >= 0.6 is 23.4 Å². The highest BCUT2D eigenvalue weighted by molar-refractivity contribution is 7.98. The van der Waals surface area contributed by atoms with Crippen LogP contribution in [0.5, 0.6) is 0 Å². The van der Waals surface area contributed by atoms with E-state index in [1.807, 2.05) is 34.3 Å². The summed E-state index contributed by atoms with van der Waals surface area (Å²) in [6, 6.07) is 14.6. The van der Waals surface area contributed by atoms with Crippen LogP contribution in [0.25, 0.3) is 11.1 Å². The van der Waals surface area contributed by atoms with E-state index in [2.05, 4.69) is 34.2 Å². The monoisotopic (exact) mass is 558 g/mol. The maximum atomic E-state index is 12.9. The molecule has 0 atom stereocenters. The van der Waals surface area contributed by atoms with Crippen molar-refractivity contribution in [3.05, 3.63) is 76.8 Å². The number of nitrogens with zero attached hydrogens (tertiary/aromatic N) is 4. The van der Waals surface area contributed by atoms with Gasteiger partial charge in [0.25, 0.3) is 0 Å². The van der Waals surface area contributed by atoms with Crippen molar-refractivity contribution in [2.75, 3.05) is 32.4 Å². The SMILES string of the molecule is CSc1cc(Cl)ccc1-c1ccc(C2CN(C(=O)N3CC4(CC(c5cnc(C(F)(F)F)nc5)C4)C3)C2)cc1. The fourth-order valence-corrected chi connectivity index (χ4v) is 6.84. The van der Waals surface area contributed by atoms with Crippen molar-refractivity contribution < 1.29 is 18.0 Å². The van der Waals surface area contributed by atoms with Gasteiger partial charge >= 0.3 is 12.2 Å². The molecule has 0 unspecified atom stereocenters. The van der Waals surface area contributed by atoms with Crippen LogP contribution in [0.2, 0.25) is 5.02 Å². The topological polar surface area (TPSA) is 49.3 Å². The first-order chi connectivity index (χ1) is 18.1. The lowest BCUT2D eigenvalue weighted by Crippen LogP contribution is -2.67. The third kappa shape index (κ3) is 4.64. The Kier molecular flexibility index (Phi) is 6.34. The molecule has 1 aliphatic carbocycles. The van der Waals surface area contributed by atoms with E-state index in [1.165, 1.54) is 18.0 Å². The molecule has 3 heterocycles. The molecule has 1 saturated carbocycles. The number of alkyl halides is 3. The molecule has 3 aliphatic rings. The minimum atomic E-state index is -4.52. The van der Waals surface area contributed by atoms with Gasteiger partial charge in [-0.1, -0.05) is 41.9 Å². The minimum Gasteiger partial charge on any atom is -0.323 e. The van der Waals surface area contributed by atoms with Crippen LogP contribution in [0, 0.1) is 5.41 Å². The number of aromatic nitrogens is 2. The average molecular weight is 559 g/mol. The standard InChI is InChI=1S/C28H26ClF3N4OS/c1-38-24-8-22(29)6-7-23(24)18-4-2-17(3-5-18)21-13-35(14-21)26(37)36-15-27(16-36)9-19(10-27)20-11-33-25(34-12-20)28(30,31)32/h2-8,11-12,19,21H,9-10,13-16H2,1H3. The molecule has 0 bridgehead atoms. The van der Waals surface area contributed by atoms with Gasteiger partial charge in [0.2, 0.25) is 5.82 Å². The lowest BCUT2D eigenvalue weighted by Gasteiger charge is -2.60. The first-order valence-electron chi connectivity index (χ1n) is 12.5. The van der Waals surface area contributed by atoms with E-state index < -0.39 is 12.0 Å². The van der Waals surface area contributed by atoms with Crippen LogP contribution in [0.4, 0.5) is 18.0 Å². The number of rotatable bonds is 4. The van der Waals surface area contributed by atoms with Crippen LogP contribution in [0.3, 0.4) is 0 Å². The molecule has 2 saturated heterocycles. The molecule has 38 heavy (non-hydrogen) atoms. The lowest BCUT2D eigenvalue weighted by atomic mass is 9.56. The van der Waals surface area contributed by atoms with Crippen molar-refractivity contribution >= 4 is 29.4 Å². The van der Waals surface area contributed by atoms with E-state index in [1.54, 1.807) is 11.8 Å². The highest BCUT2D eigenvalue weighted by atomic mass is 35.5. The van der Waals surface area contributed by atoms with Crippen LogP contribution in [0.15, 0.2) is 59.8 Å². The number of carbonyl (C=O) groups is 1. The summed E-state index contributed by atoms with van der Waals surface area (Å²) in [6.07, 6.45) is 1.81. The van der Waals surface area contributed by atoms with E-state index >= 15 is 0 Å². The van der Waals surface area contributed by atoms with Crippen LogP contribution in [0.1, 0.15) is 41.6 Å². The van der Waals surface area contributed by atoms with Gasteiger partial charge < -0.3 is 9.80 Å². The maximum Gasteiger partial charge on any atom is 0.451 e. The second-order valence-electron chi connectivity index (χ2n) is 10.7. The van der Waals surface area contributed by atoms with Gasteiger partial charge in [0.05, 0.1) is 0 Å². The van der Waals surface area contributed by atoms with Gasteiger partial charge in [-0.3, -0.25) is 0 Å². The summed E-state index contributed by atoms with van der Waals surface area (Å²) in [5.74, 6) is -0.613. The highest BCUT2D eigenvalue weighted by Gasteiger charge is 2.55. The third-order valence-corrected chi connectivity index (χ3v) is 9.10. The number of likely N-dealkylation sites (tertiary alicyclic amines) is 2. The van der Waals surface area contributed by atoms with E-state index in [0.29, 0.717) is 32.1 Å². The van der Waals surface area contributed by atoms with Gasteiger partial charge in [-0.2, -0.15) is 13.2 Å². The molecule has 0 radical (unpaired) electrons. The molecule has 5 nitrogen and oxygen atoms in total. The fourth-order valence-electron chi connectivity index (χ4n) is 5.96. The molecule has 198 valence electrons. The number of carbonyl (C=O) groups excluding carboxylic acids is 1. The van der Waals surface area contributed by atoms with Crippen LogP contribution < -0.4 is 0 Å². The number of hydrogen-bond donors (Lipinski definition) is 0. The molecule has 3 fully saturated rings. The van der Waals surface area contributed by atoms with Gasteiger partial charge in [-0.15, -0.1) is 11.8 Å². The largest absolute Gasteiger partial charge is 0.451 e. The molecule has 6 rings (SSSR count). The second kappa shape index (κ2) is 9.45. The van der Waals surface area contributed by atoms with Crippen molar-refractivity contribution in [3.63, 3.8) is 0 Å². The summed E-state index contributed by atoms with van der Waals surface area (Å²) in [6.45, 7) is 2.84. The molecule has 2 aliphatic heterocycles. The van der Waals surface area contributed by atoms with Crippen LogP contribution in [-0.4, -0.2) is 58.2 Å². The maximum absolute atomic E-state index is 12.9. The van der Waals surface area contributed by atoms with Gasteiger partial charge in [0.15, 0.2) is 0 Å². The Morgan fingerprint density at radius 3 is 2.24 bits per heavy atom. The van der Waals surface area contributed by atoms with E-state index in [0.717, 1.165) is 39.5 Å². The predicted octanol–water partition coefficient (Wildman–Crippen LogP) is 6.94. The quantitative estimate of drug-likeness (QED) is 0.326. The van der Waals surface area contributed by atoms with Crippen molar-refractivity contribution in [2.45, 2.75) is 35.7 Å². The number of halogens is 4. The lowest BCUT2D eigenvalue weighted by molar-refractivity contribution is -0.145. The first kappa shape index (κ1) is 25.5. The van der Waals surface area contributed by atoms with E-state index in [4.69, 9.17) is 11.6 Å². The molecule has 10 heteroatoms. The van der Waals surface area contributed by atoms with E-state index in [-0.39, 0.29) is 17.4 Å². The molecule has 0 N–H and O–H groups in total. The molecule has 1 spiro atoms. The fraction of sp³-hybridized carbons (Fsp3) is 0.393. The Hall–Kier alpha value is -2.78. The molecule has 3 aromatic rings. The zero-order chi connectivity index (χ0) is 26.7. The summed E-state index contributed by atoms with van der Waals surface area (Å²) in [7, 11) is 0. The number of hydrogen-bond acceptors (Lipinski definition) is 4. The average Bonchev–Trinajstić information content (AvgIpc) is 2.81. The molecular weight excluding hydrogens is 533 g/mol. The number of thioether (sulfide) groups is 1. The molecule has 2 aromatic carbocycles. The van der Waals surface area contributed by atoms with Gasteiger partial charge in [0.1, 0.15) is 0 Å². The Morgan fingerprint density at radius 2 is 1.63 bits per heavy atom. The smallest absolute Gasteiger partial charge is 0.323 e. The molecule has 2 amide bonds. The van der Waals surface area contributed by atoms with Gasteiger partial charge in [0, 0.05) is 59.8 Å². The summed E-state index contributed by atoms with van der Waals surface area (Å²) >= 11 is 7.82. The summed E-state index contributed by atoms with van der Waals surface area (Å²) in [5.41, 5.74) is 4.37. The normalized spacial score (nSPS) is 19.2. The Labute approximate surface area is 228 Å². The zero-order valence-electron chi connectivity index (χ0n) is 20.7. The Bertz CT molecular complexity index is 1350. The second-order valence-corrected chi connectivity index (χ2v) is 11.9. The van der Waals surface area contributed by atoms with Crippen molar-refractivity contribution in [1.82, 2.24) is 19.8 Å². The number of amides is 2. The Morgan fingerprint density at radius 1 is 0.974 bits per heavy atom.